The van der Waals surface area contributed by atoms with Gasteiger partial charge in [-0.2, -0.15) is 0 Å². The maximum Gasteiger partial charge on any atom is 0.144 e. The van der Waals surface area contributed by atoms with Crippen LogP contribution in [-0.2, 0) is 12.0 Å². The van der Waals surface area contributed by atoms with Crippen LogP contribution < -0.4 is 9.47 Å². The van der Waals surface area contributed by atoms with Gasteiger partial charge < -0.3 is 19.7 Å². The maximum absolute atomic E-state index is 13.1. The summed E-state index contributed by atoms with van der Waals surface area (Å²) in [6, 6.07) is 32.0. The van der Waals surface area contributed by atoms with Crippen molar-refractivity contribution in [3.8, 4) is 17.2 Å². The Kier molecular flexibility index (Phi) is 10.2. The number of nitrogens with zero attached hydrogens (tertiary/aromatic N) is 1. The summed E-state index contributed by atoms with van der Waals surface area (Å²) in [4.78, 5) is 5.01. The summed E-state index contributed by atoms with van der Waals surface area (Å²) in [7, 11) is 0. The van der Waals surface area contributed by atoms with Gasteiger partial charge in [0.2, 0.25) is 0 Å². The normalized spacial score (nSPS) is 12.7. The van der Waals surface area contributed by atoms with Gasteiger partial charge in [-0.25, -0.2) is 0 Å². The van der Waals surface area contributed by atoms with Crippen LogP contribution in [0.15, 0.2) is 108 Å². The third-order valence-corrected chi connectivity index (χ3v) is 6.92. The van der Waals surface area contributed by atoms with Crippen LogP contribution >= 0.6 is 0 Å². The molecule has 0 spiro atoms. The van der Waals surface area contributed by atoms with Crippen LogP contribution in [0.3, 0.4) is 0 Å². The number of hydrogen-bond acceptors (Lipinski definition) is 5. The molecule has 5 heteroatoms. The fourth-order valence-electron chi connectivity index (χ4n) is 5.08. The smallest absolute Gasteiger partial charge is 0.144 e. The number of phenolic OH excluding ortho intramolecular Hbond substituents is 1. The van der Waals surface area contributed by atoms with Crippen molar-refractivity contribution in [2.75, 3.05) is 0 Å². The summed E-state index contributed by atoms with van der Waals surface area (Å²) >= 11 is 0. The lowest BCUT2D eigenvalue weighted by atomic mass is 9.77. The lowest BCUT2D eigenvalue weighted by molar-refractivity contribution is 0.0409. The Balaban J connectivity index is 1.88. The summed E-state index contributed by atoms with van der Waals surface area (Å²) in [5.74, 6) is 1.32. The second-order valence-corrected chi connectivity index (χ2v) is 10.8. The van der Waals surface area contributed by atoms with Crippen LogP contribution in [0.25, 0.3) is 0 Å². The molecule has 214 valence electrons. The Morgan fingerprint density at radius 1 is 0.707 bits per heavy atom. The van der Waals surface area contributed by atoms with Crippen LogP contribution in [-0.4, -0.2) is 34.7 Å². The van der Waals surface area contributed by atoms with Crippen molar-refractivity contribution in [3.05, 3.63) is 125 Å². The predicted octanol–water partition coefficient (Wildman–Crippen LogP) is 7.71. The van der Waals surface area contributed by atoms with Gasteiger partial charge in [0.15, 0.2) is 0 Å². The lowest BCUT2D eigenvalue weighted by Crippen LogP contribution is -2.41. The van der Waals surface area contributed by atoms with Crippen molar-refractivity contribution in [1.82, 2.24) is 0 Å². The van der Waals surface area contributed by atoms with Crippen molar-refractivity contribution in [2.24, 2.45) is 4.99 Å². The number of aryl methyl sites for hydroxylation is 1. The zero-order valence-electron chi connectivity index (χ0n) is 24.4. The number of rotatable bonds is 13. The first-order valence-corrected chi connectivity index (χ1v) is 14.4. The monoisotopic (exact) mass is 551 g/mol. The molecule has 0 fully saturated rings. The molecule has 0 radical (unpaired) electrons. The molecule has 4 aromatic rings. The Labute approximate surface area is 244 Å². The van der Waals surface area contributed by atoms with E-state index in [4.69, 9.17) is 14.5 Å². The van der Waals surface area contributed by atoms with Crippen molar-refractivity contribution < 1.29 is 19.7 Å². The number of ether oxygens (including phenoxy) is 2. The first-order valence-electron chi connectivity index (χ1n) is 14.4. The Morgan fingerprint density at radius 3 is 1.78 bits per heavy atom. The molecule has 0 aliphatic rings. The first kappa shape index (κ1) is 29.9. The second-order valence-electron chi connectivity index (χ2n) is 10.8. The van der Waals surface area contributed by atoms with E-state index in [1.54, 1.807) is 18.3 Å². The average molecular weight is 552 g/mol. The Morgan fingerprint density at radius 2 is 1.22 bits per heavy atom. The number of aliphatic hydroxyl groups is 1. The van der Waals surface area contributed by atoms with Gasteiger partial charge in [-0.05, 0) is 76.8 Å². The number of hydrogen-bond donors (Lipinski definition) is 2. The zero-order valence-corrected chi connectivity index (χ0v) is 24.4. The number of phenols is 1. The molecule has 0 saturated heterocycles. The number of aromatic hydroxyl groups is 1. The Hall–Kier alpha value is -4.09. The summed E-state index contributed by atoms with van der Waals surface area (Å²) in [6.45, 7) is 7.89. The van der Waals surface area contributed by atoms with Gasteiger partial charge in [0.25, 0.3) is 0 Å². The lowest BCUT2D eigenvalue weighted by Gasteiger charge is -2.37. The summed E-state index contributed by atoms with van der Waals surface area (Å²) in [5.41, 5.74) is 1.45. The van der Waals surface area contributed by atoms with E-state index in [2.05, 4.69) is 12.1 Å². The largest absolute Gasteiger partial charge is 0.507 e. The van der Waals surface area contributed by atoms with Crippen LogP contribution in [0.4, 0.5) is 0 Å². The summed E-state index contributed by atoms with van der Waals surface area (Å²) < 4.78 is 12.5. The minimum absolute atomic E-state index is 0.0937. The minimum atomic E-state index is -1.60. The molecule has 0 amide bonds. The molecule has 5 nitrogen and oxygen atoms in total. The molecule has 0 aliphatic carbocycles. The highest BCUT2D eigenvalue weighted by Gasteiger charge is 2.44. The quantitative estimate of drug-likeness (QED) is 0.167. The SMILES string of the molecule is CC(C)Oc1ccccc1C(O)(c1ccccc1OC(C)C)C(CCCc1ccccc1)N=Cc1ccccc1O. The summed E-state index contributed by atoms with van der Waals surface area (Å²) in [5, 5.41) is 23.6. The maximum atomic E-state index is 13.1. The molecular formula is C36H41NO4. The van der Waals surface area contributed by atoms with Crippen molar-refractivity contribution in [2.45, 2.75) is 70.8 Å². The third-order valence-electron chi connectivity index (χ3n) is 6.92. The van der Waals surface area contributed by atoms with Gasteiger partial charge in [-0.15, -0.1) is 0 Å². The van der Waals surface area contributed by atoms with Crippen LogP contribution in [0.1, 0.15) is 62.8 Å². The molecule has 4 rings (SSSR count). The molecule has 0 heterocycles. The molecule has 0 aliphatic heterocycles. The van der Waals surface area contributed by atoms with Gasteiger partial charge in [-0.1, -0.05) is 78.9 Å². The van der Waals surface area contributed by atoms with Gasteiger partial charge >= 0.3 is 0 Å². The molecule has 1 atom stereocenters. The second kappa shape index (κ2) is 14.0. The van der Waals surface area contributed by atoms with E-state index in [0.717, 1.165) is 12.8 Å². The highest BCUT2D eigenvalue weighted by atomic mass is 16.5. The average Bonchev–Trinajstić information content (AvgIpc) is 2.96. The highest BCUT2D eigenvalue weighted by Crippen LogP contribution is 2.45. The van der Waals surface area contributed by atoms with E-state index in [1.807, 2.05) is 107 Å². The van der Waals surface area contributed by atoms with E-state index in [0.29, 0.717) is 34.6 Å². The van der Waals surface area contributed by atoms with Crippen LogP contribution in [0.5, 0.6) is 17.2 Å². The summed E-state index contributed by atoms with van der Waals surface area (Å²) in [6.07, 6.45) is 3.67. The molecule has 2 N–H and O–H groups in total. The standard InChI is InChI=1S/C36H41NO4/c1-26(2)40-33-22-12-9-19-30(33)36(39,31-20-10-13-23-34(31)41-27(3)4)35(24-14-17-28-15-6-5-7-16-28)37-25-29-18-8-11-21-32(29)38/h5-13,15-16,18-23,25-27,35,38-39H,14,17,24H2,1-4H3. The van der Waals surface area contributed by atoms with E-state index < -0.39 is 11.6 Å². The highest BCUT2D eigenvalue weighted by molar-refractivity contribution is 5.83. The van der Waals surface area contributed by atoms with Crippen LogP contribution in [0, 0.1) is 0 Å². The van der Waals surface area contributed by atoms with Crippen molar-refractivity contribution >= 4 is 6.21 Å². The zero-order chi connectivity index (χ0) is 29.2. The minimum Gasteiger partial charge on any atom is -0.507 e. The fraction of sp³-hybridized carbons (Fsp3) is 0.306. The van der Waals surface area contributed by atoms with Gasteiger partial charge in [0.05, 0.1) is 18.2 Å². The molecule has 0 bridgehead atoms. The van der Waals surface area contributed by atoms with Gasteiger partial charge in [0, 0.05) is 22.9 Å². The first-order chi connectivity index (χ1) is 19.8. The number of para-hydroxylation sites is 3. The predicted molar refractivity (Wildman–Crippen MR) is 166 cm³/mol. The van der Waals surface area contributed by atoms with E-state index >= 15 is 0 Å². The van der Waals surface area contributed by atoms with E-state index in [-0.39, 0.29) is 18.0 Å². The molecule has 0 aromatic heterocycles. The Bertz CT molecular complexity index is 1360. The number of aliphatic imine (C=N–C) groups is 1. The van der Waals surface area contributed by atoms with Crippen molar-refractivity contribution in [3.63, 3.8) is 0 Å². The van der Waals surface area contributed by atoms with Gasteiger partial charge in [0.1, 0.15) is 22.8 Å². The molecular weight excluding hydrogens is 510 g/mol. The number of benzene rings is 4. The van der Waals surface area contributed by atoms with Crippen LogP contribution in [0.2, 0.25) is 0 Å². The van der Waals surface area contributed by atoms with E-state index in [9.17, 15) is 10.2 Å². The molecule has 41 heavy (non-hydrogen) atoms. The molecule has 4 aromatic carbocycles. The van der Waals surface area contributed by atoms with Crippen molar-refractivity contribution in [1.29, 1.82) is 0 Å². The molecule has 1 unspecified atom stereocenters. The molecule has 0 saturated carbocycles. The fourth-order valence-corrected chi connectivity index (χ4v) is 5.08. The third kappa shape index (κ3) is 7.56. The topological polar surface area (TPSA) is 71.3 Å². The van der Waals surface area contributed by atoms with E-state index in [1.165, 1.54) is 5.56 Å². The van der Waals surface area contributed by atoms with Gasteiger partial charge in [-0.3, -0.25) is 4.99 Å².